The molecule has 0 N–H and O–H groups in total. The van der Waals surface area contributed by atoms with Crippen LogP contribution in [0.5, 0.6) is 0 Å². The Labute approximate surface area is 609 Å². The molecule has 0 fully saturated rings. The lowest BCUT2D eigenvalue weighted by Crippen LogP contribution is -2.16. The van der Waals surface area contributed by atoms with E-state index in [-0.39, 0.29) is 10.8 Å². The third kappa shape index (κ3) is 10.8. The van der Waals surface area contributed by atoms with E-state index in [9.17, 15) is 0 Å². The highest BCUT2D eigenvalue weighted by Crippen LogP contribution is 2.55. The predicted molar refractivity (Wildman–Crippen MR) is 442 cm³/mol. The van der Waals surface area contributed by atoms with Crippen molar-refractivity contribution in [1.29, 1.82) is 0 Å². The Morgan fingerprint density at radius 1 is 0.173 bits per heavy atom. The van der Waals surface area contributed by atoms with E-state index < -0.39 is 0 Å². The second kappa shape index (κ2) is 25.0. The van der Waals surface area contributed by atoms with Gasteiger partial charge in [-0.3, -0.25) is 0 Å². The molecule has 2 heteroatoms. The summed E-state index contributed by atoms with van der Waals surface area (Å²) in [6.07, 6.45) is 0. The summed E-state index contributed by atoms with van der Waals surface area (Å²) >= 11 is 0. The van der Waals surface area contributed by atoms with Gasteiger partial charge in [-0.1, -0.05) is 319 Å². The van der Waals surface area contributed by atoms with Crippen LogP contribution in [-0.4, -0.2) is 0 Å². The van der Waals surface area contributed by atoms with E-state index in [1.807, 2.05) is 0 Å². The highest BCUT2D eigenvalue weighted by atomic mass is 15.1. The largest absolute Gasteiger partial charge is 0.310 e. The molecule has 0 bridgehead atoms. The van der Waals surface area contributed by atoms with Crippen molar-refractivity contribution >= 4 is 66.4 Å². The van der Waals surface area contributed by atoms with Crippen LogP contribution >= 0.6 is 0 Å². The Balaban J connectivity index is 0.613. The fraction of sp³-hybridized carbons (Fsp3) is 0.0588. The van der Waals surface area contributed by atoms with Crippen molar-refractivity contribution in [2.24, 2.45) is 0 Å². The van der Waals surface area contributed by atoms with Gasteiger partial charge in [0.2, 0.25) is 0 Å². The van der Waals surface area contributed by atoms with Crippen molar-refractivity contribution in [3.8, 4) is 100 Å². The topological polar surface area (TPSA) is 6.48 Å². The van der Waals surface area contributed by atoms with Gasteiger partial charge in [-0.2, -0.15) is 0 Å². The number of hydrogen-bond donors (Lipinski definition) is 0. The summed E-state index contributed by atoms with van der Waals surface area (Å²) in [7, 11) is 0. The van der Waals surface area contributed by atoms with Crippen molar-refractivity contribution in [1.82, 2.24) is 0 Å². The third-order valence-corrected chi connectivity index (χ3v) is 22.4. The molecule has 0 heterocycles. The van der Waals surface area contributed by atoms with E-state index in [4.69, 9.17) is 0 Å². The molecule has 492 valence electrons. The summed E-state index contributed by atoms with van der Waals surface area (Å²) in [5.41, 5.74) is 33.6. The Hall–Kier alpha value is -12.9. The molecule has 17 aromatic carbocycles. The molecule has 104 heavy (non-hydrogen) atoms. The molecule has 0 saturated heterocycles. The number of fused-ring (bicyclic) bond motifs is 9. The molecule has 0 aliphatic heterocycles. The zero-order valence-electron chi connectivity index (χ0n) is 58.7. The molecule has 0 amide bonds. The summed E-state index contributed by atoms with van der Waals surface area (Å²) < 4.78 is 0. The van der Waals surface area contributed by atoms with Crippen LogP contribution < -0.4 is 9.80 Å². The molecule has 0 aromatic heterocycles. The smallest absolute Gasteiger partial charge is 0.0540 e. The van der Waals surface area contributed by atoms with Gasteiger partial charge >= 0.3 is 0 Å². The molecule has 0 saturated carbocycles. The average Bonchev–Trinajstić information content (AvgIpc) is 1.59. The number of hydrogen-bond acceptors (Lipinski definition) is 2. The van der Waals surface area contributed by atoms with Crippen molar-refractivity contribution in [3.05, 3.63) is 398 Å². The molecule has 0 radical (unpaired) electrons. The van der Waals surface area contributed by atoms with Gasteiger partial charge in [-0.15, -0.1) is 0 Å². The van der Waals surface area contributed by atoms with E-state index in [0.717, 1.165) is 34.1 Å². The van der Waals surface area contributed by atoms with E-state index in [1.54, 1.807) is 0 Å². The van der Waals surface area contributed by atoms with Crippen LogP contribution in [-0.2, 0) is 10.8 Å². The lowest BCUT2D eigenvalue weighted by atomic mass is 9.81. The minimum atomic E-state index is -0.258. The molecule has 2 aliphatic rings. The van der Waals surface area contributed by atoms with Gasteiger partial charge < -0.3 is 9.80 Å². The van der Waals surface area contributed by atoms with E-state index in [1.165, 1.54) is 155 Å². The molecular weight excluding hydrogens is 1250 g/mol. The maximum atomic E-state index is 2.48. The minimum absolute atomic E-state index is 0.247. The highest BCUT2D eigenvalue weighted by Gasteiger charge is 2.38. The van der Waals surface area contributed by atoms with Crippen LogP contribution in [0.4, 0.5) is 34.1 Å². The highest BCUT2D eigenvalue weighted by molar-refractivity contribution is 6.03. The van der Waals surface area contributed by atoms with Gasteiger partial charge in [0.15, 0.2) is 0 Å². The van der Waals surface area contributed by atoms with Gasteiger partial charge in [0.25, 0.3) is 0 Å². The van der Waals surface area contributed by atoms with Gasteiger partial charge in [-0.25, -0.2) is 0 Å². The molecule has 0 atom stereocenters. The Morgan fingerprint density at radius 3 is 1.07 bits per heavy atom. The average molecular weight is 1330 g/mol. The maximum absolute atomic E-state index is 2.48. The SMILES string of the molecule is CC1(C)c2cc(-c3ccc(-c4ccccc4)cc3)ccc2-c2ccc(N(c3ccc4ccccc4c3)c3cc(-c4ccc(-c5ccc(-c6ccc7c(c6)C(C)(C)c6cc(N(c8ccc(-c9cccc(-c%10ccccc%10)c9)cc8)c8cccc9ccccc89)ccc6-7)cc5)cc4)c4ccccc4c3)cc21. The fourth-order valence-electron chi connectivity index (χ4n) is 16.8. The van der Waals surface area contributed by atoms with Crippen molar-refractivity contribution in [2.45, 2.75) is 38.5 Å². The second-order valence-corrected chi connectivity index (χ2v) is 29.2. The second-order valence-electron chi connectivity index (χ2n) is 29.2. The predicted octanol–water partition coefficient (Wildman–Crippen LogP) is 28.4. The van der Waals surface area contributed by atoms with Crippen molar-refractivity contribution in [2.75, 3.05) is 9.80 Å². The summed E-state index contributed by atoms with van der Waals surface area (Å²) in [6.45, 7) is 9.59. The lowest BCUT2D eigenvalue weighted by Gasteiger charge is -2.29. The lowest BCUT2D eigenvalue weighted by molar-refractivity contribution is 0.660. The Bertz CT molecular complexity index is 6180. The monoisotopic (exact) mass is 1330 g/mol. The van der Waals surface area contributed by atoms with Crippen LogP contribution in [0.15, 0.2) is 376 Å². The van der Waals surface area contributed by atoms with Gasteiger partial charge in [-0.05, 0) is 234 Å². The van der Waals surface area contributed by atoms with E-state index >= 15 is 0 Å². The zero-order chi connectivity index (χ0) is 69.6. The van der Waals surface area contributed by atoms with Crippen LogP contribution in [0, 0.1) is 0 Å². The van der Waals surface area contributed by atoms with Crippen molar-refractivity contribution in [3.63, 3.8) is 0 Å². The quantitative estimate of drug-likeness (QED) is 0.114. The van der Waals surface area contributed by atoms with Crippen molar-refractivity contribution < 1.29 is 0 Å². The summed E-state index contributed by atoms with van der Waals surface area (Å²) in [5.74, 6) is 0. The Morgan fingerprint density at radius 2 is 0.510 bits per heavy atom. The van der Waals surface area contributed by atoms with Crippen LogP contribution in [0.3, 0.4) is 0 Å². The van der Waals surface area contributed by atoms with Gasteiger partial charge in [0.1, 0.15) is 0 Å². The molecule has 17 aromatic rings. The third-order valence-electron chi connectivity index (χ3n) is 22.4. The van der Waals surface area contributed by atoms with E-state index in [0.29, 0.717) is 0 Å². The number of nitrogens with zero attached hydrogens (tertiary/aromatic N) is 2. The molecule has 19 rings (SSSR count). The van der Waals surface area contributed by atoms with Crippen LogP contribution in [0.2, 0.25) is 0 Å². The normalized spacial score (nSPS) is 13.0. The maximum Gasteiger partial charge on any atom is 0.0540 e. The first kappa shape index (κ1) is 62.2. The van der Waals surface area contributed by atoms with E-state index in [2.05, 4.69) is 414 Å². The number of rotatable bonds is 13. The molecular formula is C102H74N2. The number of anilines is 6. The zero-order valence-corrected chi connectivity index (χ0v) is 58.7. The van der Waals surface area contributed by atoms with Crippen LogP contribution in [0.1, 0.15) is 49.9 Å². The fourth-order valence-corrected chi connectivity index (χ4v) is 16.8. The first-order valence-corrected chi connectivity index (χ1v) is 36.3. The first-order valence-electron chi connectivity index (χ1n) is 36.3. The van der Waals surface area contributed by atoms with Gasteiger partial charge in [0.05, 0.1) is 5.69 Å². The Kier molecular flexibility index (Phi) is 15.0. The minimum Gasteiger partial charge on any atom is -0.310 e. The molecule has 0 spiro atoms. The number of benzene rings is 17. The molecule has 2 aliphatic carbocycles. The molecule has 2 nitrogen and oxygen atoms in total. The first-order chi connectivity index (χ1) is 51.0. The summed E-state index contributed by atoms with van der Waals surface area (Å²) in [4.78, 5) is 4.93. The molecule has 0 unspecified atom stereocenters. The summed E-state index contributed by atoms with van der Waals surface area (Å²) in [6, 6.07) is 140. The summed E-state index contributed by atoms with van der Waals surface area (Å²) in [5, 5.41) is 7.25. The standard InChI is InChI=1S/C102H74N2/c1-101(2)96-62-81(73-37-33-70(34-38-73)67-19-7-5-8-20-67)48-55-91(96)93-57-53-86(65-98(93)101)103(85-52-47-69-23-11-12-25-80(69)60-85)88-61-83-26-14-15-30-89(83)95(64-88)77-43-41-72(42-44-77)71-35-39-74(40-36-71)82-49-56-92-94-58-54-87(66-99(94)102(3,4)97(92)63-82)104(100-32-18-27-76-24-13-16-31-90(76)100)84-50-45-75(46-51-84)79-29-17-28-78(59-79)68-21-9-6-10-22-68/h5-66H,1-4H3. The van der Waals surface area contributed by atoms with Crippen LogP contribution in [0.25, 0.3) is 132 Å². The van der Waals surface area contributed by atoms with Gasteiger partial charge in [0, 0.05) is 44.7 Å².